The van der Waals surface area contributed by atoms with E-state index in [2.05, 4.69) is 15.1 Å². The van der Waals surface area contributed by atoms with Crippen LogP contribution < -0.4 is 0 Å². The second-order valence-electron chi connectivity index (χ2n) is 3.73. The van der Waals surface area contributed by atoms with Gasteiger partial charge in [0.2, 0.25) is 0 Å². The second-order valence-corrected chi connectivity index (χ2v) is 3.73. The van der Waals surface area contributed by atoms with E-state index in [1.54, 1.807) is 23.0 Å². The summed E-state index contributed by atoms with van der Waals surface area (Å²) in [5.74, 6) is 0.721. The Morgan fingerprint density at radius 1 is 1.41 bits per heavy atom. The normalized spacial score (nSPS) is 10.5. The summed E-state index contributed by atoms with van der Waals surface area (Å²) in [7, 11) is 0. The predicted octanol–water partition coefficient (Wildman–Crippen LogP) is 1.43. The first-order valence-electron chi connectivity index (χ1n) is 5.54. The molecule has 0 saturated heterocycles. The number of pyridine rings is 1. The monoisotopic (exact) mass is 230 g/mol. The third-order valence-corrected chi connectivity index (χ3v) is 2.62. The van der Waals surface area contributed by atoms with Crippen molar-refractivity contribution < 1.29 is 4.79 Å². The molecule has 5 nitrogen and oxygen atoms in total. The number of nitrogens with zero attached hydrogens (tertiary/aromatic N) is 4. The summed E-state index contributed by atoms with van der Waals surface area (Å²) in [6.07, 6.45) is 3.42. The summed E-state index contributed by atoms with van der Waals surface area (Å²) in [6.45, 7) is 4.52. The van der Waals surface area contributed by atoms with Crippen molar-refractivity contribution in [3.8, 4) is 0 Å². The molecule has 2 heterocycles. The molecule has 0 fully saturated rings. The Kier molecular flexibility index (Phi) is 3.27. The number of hydrogen-bond acceptors (Lipinski definition) is 4. The van der Waals surface area contributed by atoms with Crippen LogP contribution >= 0.6 is 0 Å². The van der Waals surface area contributed by atoms with Crippen molar-refractivity contribution in [2.75, 3.05) is 0 Å². The standard InChI is InChI=1S/C12H14N4O/c1-3-16-12(14-8-15-16)7-11(17)10-5-4-6-13-9(10)2/h4-6,8H,3,7H2,1-2H3. The number of ketones is 1. The van der Waals surface area contributed by atoms with Crippen LogP contribution in [0.3, 0.4) is 0 Å². The number of aromatic nitrogens is 4. The molecular weight excluding hydrogens is 216 g/mol. The van der Waals surface area contributed by atoms with Crippen molar-refractivity contribution in [3.05, 3.63) is 41.7 Å². The van der Waals surface area contributed by atoms with Crippen molar-refractivity contribution in [3.63, 3.8) is 0 Å². The highest BCUT2D eigenvalue weighted by atomic mass is 16.1. The van der Waals surface area contributed by atoms with Crippen LogP contribution in [0.1, 0.15) is 28.8 Å². The first-order valence-corrected chi connectivity index (χ1v) is 5.54. The van der Waals surface area contributed by atoms with Gasteiger partial charge >= 0.3 is 0 Å². The summed E-state index contributed by atoms with van der Waals surface area (Å²) in [5, 5.41) is 4.04. The molecule has 0 aliphatic heterocycles. The third-order valence-electron chi connectivity index (χ3n) is 2.62. The summed E-state index contributed by atoms with van der Waals surface area (Å²) in [4.78, 5) is 20.3. The molecule has 5 heteroatoms. The van der Waals surface area contributed by atoms with E-state index >= 15 is 0 Å². The van der Waals surface area contributed by atoms with E-state index in [1.165, 1.54) is 6.33 Å². The number of aryl methyl sites for hydroxylation is 2. The molecule has 0 aliphatic carbocycles. The maximum Gasteiger partial charge on any atom is 0.172 e. The quantitative estimate of drug-likeness (QED) is 0.745. The Hall–Kier alpha value is -2.04. The van der Waals surface area contributed by atoms with Gasteiger partial charge in [-0.3, -0.25) is 9.78 Å². The summed E-state index contributed by atoms with van der Waals surface area (Å²) < 4.78 is 1.73. The molecular formula is C12H14N4O. The van der Waals surface area contributed by atoms with Crippen LogP contribution in [-0.4, -0.2) is 25.5 Å². The van der Waals surface area contributed by atoms with Crippen molar-refractivity contribution in [2.45, 2.75) is 26.8 Å². The van der Waals surface area contributed by atoms with Crippen LogP contribution in [0, 0.1) is 6.92 Å². The van der Waals surface area contributed by atoms with Crippen molar-refractivity contribution in [2.24, 2.45) is 0 Å². The van der Waals surface area contributed by atoms with Crippen LogP contribution in [0.4, 0.5) is 0 Å². The fourth-order valence-corrected chi connectivity index (χ4v) is 1.71. The van der Waals surface area contributed by atoms with Gasteiger partial charge in [0.25, 0.3) is 0 Å². The largest absolute Gasteiger partial charge is 0.294 e. The van der Waals surface area contributed by atoms with E-state index in [1.807, 2.05) is 13.8 Å². The van der Waals surface area contributed by atoms with E-state index in [9.17, 15) is 4.79 Å². The Labute approximate surface area is 99.5 Å². The molecule has 0 atom stereocenters. The smallest absolute Gasteiger partial charge is 0.172 e. The average Bonchev–Trinajstić information content (AvgIpc) is 2.76. The van der Waals surface area contributed by atoms with Crippen molar-refractivity contribution in [1.82, 2.24) is 19.7 Å². The molecule has 88 valence electrons. The zero-order valence-electron chi connectivity index (χ0n) is 9.92. The third kappa shape index (κ3) is 2.38. The van der Waals surface area contributed by atoms with Crippen LogP contribution in [0.25, 0.3) is 0 Å². The first kappa shape index (κ1) is 11.4. The van der Waals surface area contributed by atoms with E-state index in [0.29, 0.717) is 17.9 Å². The summed E-state index contributed by atoms with van der Waals surface area (Å²) >= 11 is 0. The van der Waals surface area contributed by atoms with Crippen LogP contribution in [0.2, 0.25) is 0 Å². The first-order chi connectivity index (χ1) is 8.22. The fraction of sp³-hybridized carbons (Fsp3) is 0.333. The van der Waals surface area contributed by atoms with Gasteiger partial charge in [-0.1, -0.05) is 0 Å². The Balaban J connectivity index is 2.20. The van der Waals surface area contributed by atoms with Gasteiger partial charge in [0.1, 0.15) is 12.2 Å². The fourth-order valence-electron chi connectivity index (χ4n) is 1.71. The molecule has 0 aliphatic rings. The molecule has 0 N–H and O–H groups in total. The molecule has 0 radical (unpaired) electrons. The maximum atomic E-state index is 12.1. The highest BCUT2D eigenvalue weighted by molar-refractivity contribution is 5.97. The van der Waals surface area contributed by atoms with Crippen LogP contribution in [0.15, 0.2) is 24.7 Å². The van der Waals surface area contributed by atoms with Gasteiger partial charge in [0.15, 0.2) is 5.78 Å². The van der Waals surface area contributed by atoms with Gasteiger partial charge in [-0.2, -0.15) is 5.10 Å². The molecule has 2 aromatic heterocycles. The lowest BCUT2D eigenvalue weighted by atomic mass is 10.1. The average molecular weight is 230 g/mol. The topological polar surface area (TPSA) is 60.7 Å². The molecule has 0 spiro atoms. The molecule has 0 bridgehead atoms. The SMILES string of the molecule is CCn1ncnc1CC(=O)c1cccnc1C. The Morgan fingerprint density at radius 3 is 2.94 bits per heavy atom. The molecule has 0 aromatic carbocycles. The minimum atomic E-state index is 0.0262. The van der Waals surface area contributed by atoms with Crippen molar-refractivity contribution >= 4 is 5.78 Å². The number of carbonyl (C=O) groups is 1. The highest BCUT2D eigenvalue weighted by Gasteiger charge is 2.13. The summed E-state index contributed by atoms with van der Waals surface area (Å²) in [6, 6.07) is 3.56. The van der Waals surface area contributed by atoms with Crippen molar-refractivity contribution in [1.29, 1.82) is 0 Å². The van der Waals surface area contributed by atoms with Gasteiger partial charge in [0, 0.05) is 24.0 Å². The van der Waals surface area contributed by atoms with Gasteiger partial charge in [-0.25, -0.2) is 9.67 Å². The number of carbonyl (C=O) groups excluding carboxylic acids is 1. The lowest BCUT2D eigenvalue weighted by Crippen LogP contribution is -2.12. The lowest BCUT2D eigenvalue weighted by molar-refractivity contribution is 0.0988. The molecule has 0 saturated carbocycles. The molecule has 17 heavy (non-hydrogen) atoms. The van der Waals surface area contributed by atoms with E-state index in [4.69, 9.17) is 0 Å². The number of rotatable bonds is 4. The van der Waals surface area contributed by atoms with E-state index in [0.717, 1.165) is 5.69 Å². The minimum absolute atomic E-state index is 0.0262. The zero-order chi connectivity index (χ0) is 12.3. The highest BCUT2D eigenvalue weighted by Crippen LogP contribution is 2.08. The van der Waals surface area contributed by atoms with Crippen LogP contribution in [-0.2, 0) is 13.0 Å². The Bertz CT molecular complexity index is 533. The van der Waals surface area contributed by atoms with Gasteiger partial charge in [-0.05, 0) is 26.0 Å². The lowest BCUT2D eigenvalue weighted by Gasteiger charge is -2.04. The number of hydrogen-bond donors (Lipinski definition) is 0. The molecule has 0 unspecified atom stereocenters. The minimum Gasteiger partial charge on any atom is -0.294 e. The van der Waals surface area contributed by atoms with Gasteiger partial charge in [0.05, 0.1) is 6.42 Å². The van der Waals surface area contributed by atoms with E-state index in [-0.39, 0.29) is 12.2 Å². The Morgan fingerprint density at radius 2 is 2.24 bits per heavy atom. The molecule has 0 amide bonds. The maximum absolute atomic E-state index is 12.1. The van der Waals surface area contributed by atoms with Crippen LogP contribution in [0.5, 0.6) is 0 Å². The zero-order valence-corrected chi connectivity index (χ0v) is 9.92. The number of Topliss-reactive ketones (excluding diaryl/α,β-unsaturated/α-hetero) is 1. The molecule has 2 rings (SSSR count). The van der Waals surface area contributed by atoms with Gasteiger partial charge in [-0.15, -0.1) is 0 Å². The summed E-state index contributed by atoms with van der Waals surface area (Å²) in [5.41, 5.74) is 1.40. The van der Waals surface area contributed by atoms with Gasteiger partial charge < -0.3 is 0 Å². The van der Waals surface area contributed by atoms with E-state index < -0.39 is 0 Å². The second kappa shape index (κ2) is 4.86. The predicted molar refractivity (Wildman–Crippen MR) is 62.7 cm³/mol. The molecule has 2 aromatic rings.